The number of fused-ring (bicyclic) bond motifs is 1. The molecule has 28 heavy (non-hydrogen) atoms. The quantitative estimate of drug-likeness (QED) is 0.713. The van der Waals surface area contributed by atoms with Gasteiger partial charge in [0.25, 0.3) is 5.91 Å². The van der Waals surface area contributed by atoms with Crippen LogP contribution in [-0.2, 0) is 27.7 Å². The zero-order valence-electron chi connectivity index (χ0n) is 16.0. The first-order valence-corrected chi connectivity index (χ1v) is 11.2. The fourth-order valence-electron chi connectivity index (χ4n) is 3.46. The van der Waals surface area contributed by atoms with Gasteiger partial charge in [-0.2, -0.15) is 0 Å². The van der Waals surface area contributed by atoms with Crippen molar-refractivity contribution in [1.29, 1.82) is 0 Å². The zero-order valence-corrected chi connectivity index (χ0v) is 16.9. The van der Waals surface area contributed by atoms with E-state index in [-0.39, 0.29) is 24.0 Å². The van der Waals surface area contributed by atoms with Gasteiger partial charge < -0.3 is 9.80 Å². The summed E-state index contributed by atoms with van der Waals surface area (Å²) in [5.41, 5.74) is 2.40. The number of benzene rings is 2. The highest BCUT2D eigenvalue weighted by Gasteiger charge is 2.37. The van der Waals surface area contributed by atoms with E-state index in [4.69, 9.17) is 0 Å². The van der Waals surface area contributed by atoms with Crippen molar-refractivity contribution in [2.45, 2.75) is 25.6 Å². The molecule has 1 atom stereocenters. The largest absolute Gasteiger partial charge is 0.340 e. The third-order valence-corrected chi connectivity index (χ3v) is 5.89. The minimum atomic E-state index is -3.26. The van der Waals surface area contributed by atoms with Gasteiger partial charge in [-0.25, -0.2) is 8.42 Å². The van der Waals surface area contributed by atoms with Crippen molar-refractivity contribution in [2.75, 3.05) is 19.1 Å². The second-order valence-corrected chi connectivity index (χ2v) is 9.46. The number of nitrogens with zero attached hydrogens (tertiary/aromatic N) is 2. The van der Waals surface area contributed by atoms with E-state index in [0.29, 0.717) is 18.7 Å². The summed E-state index contributed by atoms with van der Waals surface area (Å²) >= 11 is 0. The van der Waals surface area contributed by atoms with Crippen LogP contribution in [0.1, 0.15) is 27.9 Å². The molecule has 1 heterocycles. The summed E-state index contributed by atoms with van der Waals surface area (Å²) < 4.78 is 23.4. The molecule has 0 N–H and O–H groups in total. The minimum absolute atomic E-state index is 0.0799. The molecular formula is C21H24N2O4S. The molecule has 1 aliphatic rings. The van der Waals surface area contributed by atoms with Gasteiger partial charge in [-0.1, -0.05) is 48.5 Å². The molecule has 0 bridgehead atoms. The topological polar surface area (TPSA) is 74.8 Å². The smallest absolute Gasteiger partial charge is 0.255 e. The monoisotopic (exact) mass is 400 g/mol. The first-order chi connectivity index (χ1) is 13.3. The summed E-state index contributed by atoms with van der Waals surface area (Å²) in [6.07, 6.45) is 1.22. The van der Waals surface area contributed by atoms with Crippen molar-refractivity contribution < 1.29 is 18.0 Å². The average molecular weight is 401 g/mol. The van der Waals surface area contributed by atoms with Crippen molar-refractivity contribution in [3.05, 3.63) is 71.3 Å². The summed E-state index contributed by atoms with van der Waals surface area (Å²) in [6, 6.07) is 16.0. The van der Waals surface area contributed by atoms with Gasteiger partial charge in [0, 0.05) is 32.0 Å². The molecule has 7 heteroatoms. The molecule has 2 aromatic carbocycles. The Hall–Kier alpha value is -2.67. The minimum Gasteiger partial charge on any atom is -0.340 e. The van der Waals surface area contributed by atoms with Crippen LogP contribution in [0.15, 0.2) is 54.6 Å². The second-order valence-electron chi connectivity index (χ2n) is 7.20. The summed E-state index contributed by atoms with van der Waals surface area (Å²) in [5, 5.41) is 0. The number of hydrogen-bond donors (Lipinski definition) is 0. The molecule has 0 aromatic heterocycles. The third-order valence-electron chi connectivity index (χ3n) is 4.91. The highest BCUT2D eigenvalue weighted by atomic mass is 32.2. The highest BCUT2D eigenvalue weighted by Crippen LogP contribution is 2.26. The van der Waals surface area contributed by atoms with Crippen LogP contribution in [-0.4, -0.2) is 55.1 Å². The van der Waals surface area contributed by atoms with Gasteiger partial charge in [-0.05, 0) is 23.6 Å². The average Bonchev–Trinajstić information content (AvgIpc) is 2.98. The van der Waals surface area contributed by atoms with Gasteiger partial charge in [0.2, 0.25) is 5.91 Å². The number of amides is 2. The van der Waals surface area contributed by atoms with E-state index in [0.717, 1.165) is 17.4 Å². The van der Waals surface area contributed by atoms with Crippen LogP contribution in [0.25, 0.3) is 0 Å². The van der Waals surface area contributed by atoms with Gasteiger partial charge in [-0.15, -0.1) is 0 Å². The molecule has 0 spiro atoms. The van der Waals surface area contributed by atoms with E-state index in [9.17, 15) is 18.0 Å². The third kappa shape index (κ3) is 4.59. The molecule has 1 aliphatic heterocycles. The molecule has 3 rings (SSSR count). The lowest BCUT2D eigenvalue weighted by atomic mass is 10.1. The van der Waals surface area contributed by atoms with Gasteiger partial charge in [0.1, 0.15) is 15.9 Å². The number of likely N-dealkylation sites (N-methyl/N-ethyl adjacent to an activating group) is 1. The van der Waals surface area contributed by atoms with Gasteiger partial charge >= 0.3 is 0 Å². The molecule has 2 amide bonds. The Kier molecular flexibility index (Phi) is 5.84. The SMILES string of the molecule is CN(Cc1ccccc1)C(=O)C(CCS(C)(=O)=O)N1Cc2ccccc2C1=O. The molecule has 0 saturated heterocycles. The van der Waals surface area contributed by atoms with Crippen LogP contribution < -0.4 is 0 Å². The van der Waals surface area contributed by atoms with Gasteiger partial charge in [-0.3, -0.25) is 9.59 Å². The predicted molar refractivity (Wildman–Crippen MR) is 107 cm³/mol. The number of carbonyl (C=O) groups excluding carboxylic acids is 2. The number of sulfone groups is 1. The molecule has 148 valence electrons. The second kappa shape index (κ2) is 8.14. The van der Waals surface area contributed by atoms with E-state index in [2.05, 4.69) is 0 Å². The number of rotatable bonds is 7. The van der Waals surface area contributed by atoms with E-state index < -0.39 is 15.9 Å². The fourth-order valence-corrected chi connectivity index (χ4v) is 4.11. The maximum atomic E-state index is 13.2. The molecule has 6 nitrogen and oxygen atoms in total. The lowest BCUT2D eigenvalue weighted by molar-refractivity contribution is -0.135. The molecule has 2 aromatic rings. The standard InChI is InChI=1S/C21H24N2O4S/c1-22(14-16-8-4-3-5-9-16)21(25)19(12-13-28(2,26)27)23-15-17-10-6-7-11-18(17)20(23)24/h3-11,19H,12-15H2,1-2H3. The molecule has 0 fully saturated rings. The van der Waals surface area contributed by atoms with Gasteiger partial charge in [0.05, 0.1) is 5.75 Å². The lowest BCUT2D eigenvalue weighted by Gasteiger charge is -2.30. The maximum Gasteiger partial charge on any atom is 0.255 e. The Labute approximate surface area is 165 Å². The van der Waals surface area contributed by atoms with Crippen molar-refractivity contribution >= 4 is 21.7 Å². The van der Waals surface area contributed by atoms with Crippen molar-refractivity contribution in [2.24, 2.45) is 0 Å². The molecule has 0 radical (unpaired) electrons. The first-order valence-electron chi connectivity index (χ1n) is 9.12. The summed E-state index contributed by atoms with van der Waals surface area (Å²) in [4.78, 5) is 29.1. The van der Waals surface area contributed by atoms with Crippen LogP contribution in [0.5, 0.6) is 0 Å². The Balaban J connectivity index is 1.83. The van der Waals surface area contributed by atoms with Crippen molar-refractivity contribution in [3.63, 3.8) is 0 Å². The van der Waals surface area contributed by atoms with E-state index >= 15 is 0 Å². The van der Waals surface area contributed by atoms with Crippen LogP contribution in [0.2, 0.25) is 0 Å². The number of carbonyl (C=O) groups is 2. The zero-order chi connectivity index (χ0) is 20.3. The Morgan fingerprint density at radius 3 is 2.39 bits per heavy atom. The predicted octanol–water partition coefficient (Wildman–Crippen LogP) is 2.10. The molecular weight excluding hydrogens is 376 g/mol. The lowest BCUT2D eigenvalue weighted by Crippen LogP contribution is -2.48. The van der Waals surface area contributed by atoms with Crippen molar-refractivity contribution in [3.8, 4) is 0 Å². The van der Waals surface area contributed by atoms with Crippen LogP contribution >= 0.6 is 0 Å². The Bertz CT molecular complexity index is 973. The normalized spacial score (nSPS) is 14.6. The summed E-state index contributed by atoms with van der Waals surface area (Å²) in [6.45, 7) is 0.707. The Morgan fingerprint density at radius 2 is 1.75 bits per heavy atom. The van der Waals surface area contributed by atoms with E-state index in [1.807, 2.05) is 42.5 Å². The van der Waals surface area contributed by atoms with E-state index in [1.54, 1.807) is 24.1 Å². The fraction of sp³-hybridized carbons (Fsp3) is 0.333. The molecule has 1 unspecified atom stereocenters. The first kappa shape index (κ1) is 20.1. The van der Waals surface area contributed by atoms with Gasteiger partial charge in [0.15, 0.2) is 0 Å². The van der Waals surface area contributed by atoms with E-state index in [1.165, 1.54) is 4.90 Å². The number of hydrogen-bond acceptors (Lipinski definition) is 4. The summed E-state index contributed by atoms with van der Waals surface area (Å²) in [5.74, 6) is -0.632. The summed E-state index contributed by atoms with van der Waals surface area (Å²) in [7, 11) is -1.58. The van der Waals surface area contributed by atoms with Crippen LogP contribution in [0, 0.1) is 0 Å². The molecule has 0 aliphatic carbocycles. The molecule has 0 saturated carbocycles. The van der Waals surface area contributed by atoms with Crippen LogP contribution in [0.3, 0.4) is 0 Å². The maximum absolute atomic E-state index is 13.2. The highest BCUT2D eigenvalue weighted by molar-refractivity contribution is 7.90. The Morgan fingerprint density at radius 1 is 1.11 bits per heavy atom. The van der Waals surface area contributed by atoms with Crippen LogP contribution in [0.4, 0.5) is 0 Å². The van der Waals surface area contributed by atoms with Crippen molar-refractivity contribution in [1.82, 2.24) is 9.80 Å².